The van der Waals surface area contributed by atoms with Gasteiger partial charge in [0.25, 0.3) is 0 Å². The Bertz CT molecular complexity index is 957. The zero-order chi connectivity index (χ0) is 18.8. The Morgan fingerprint density at radius 3 is 2.15 bits per heavy atom. The molecule has 3 aromatic rings. The van der Waals surface area contributed by atoms with E-state index in [2.05, 4.69) is 4.72 Å². The molecule has 0 saturated heterocycles. The number of alkyl halides is 2. The monoisotopic (exact) mass is 429 g/mol. The number of furan rings is 1. The van der Waals surface area contributed by atoms with Crippen LogP contribution in [0, 0.1) is 0 Å². The smallest absolute Gasteiger partial charge is 0.241 e. The van der Waals surface area contributed by atoms with Crippen LogP contribution >= 0.6 is 34.8 Å². The highest BCUT2D eigenvalue weighted by Crippen LogP contribution is 2.45. The molecular formula is C18H14Cl3NO3S. The first kappa shape index (κ1) is 19.3. The summed E-state index contributed by atoms with van der Waals surface area (Å²) in [7, 11) is -3.93. The van der Waals surface area contributed by atoms with Gasteiger partial charge in [-0.25, -0.2) is 8.42 Å². The molecule has 0 amide bonds. The molecule has 4 nitrogen and oxygen atoms in total. The lowest BCUT2D eigenvalue weighted by atomic mass is 10.0. The number of hydrogen-bond donors (Lipinski definition) is 1. The maximum absolute atomic E-state index is 12.8. The molecule has 8 heteroatoms. The van der Waals surface area contributed by atoms with Crippen molar-refractivity contribution in [2.45, 2.75) is 15.3 Å². The van der Waals surface area contributed by atoms with E-state index in [4.69, 9.17) is 39.2 Å². The molecule has 1 unspecified atom stereocenters. The number of sulfonamides is 1. The second-order valence-corrected chi connectivity index (χ2v) is 9.05. The zero-order valence-electron chi connectivity index (χ0n) is 13.3. The SMILES string of the molecule is O=S(=O)(NC(c1ccco1)C(Cl)(Cl)c1ccccc1)c1ccc(Cl)cc1. The lowest BCUT2D eigenvalue weighted by molar-refractivity contribution is 0.421. The topological polar surface area (TPSA) is 59.3 Å². The first-order chi connectivity index (χ1) is 12.3. The van der Waals surface area contributed by atoms with Crippen LogP contribution in [0.4, 0.5) is 0 Å². The minimum absolute atomic E-state index is 0.0376. The summed E-state index contributed by atoms with van der Waals surface area (Å²) < 4.78 is 32.0. The summed E-state index contributed by atoms with van der Waals surface area (Å²) in [6, 6.07) is 16.7. The minimum atomic E-state index is -3.93. The molecule has 1 atom stereocenters. The molecule has 0 radical (unpaired) electrons. The van der Waals surface area contributed by atoms with Gasteiger partial charge in [-0.2, -0.15) is 4.72 Å². The number of rotatable bonds is 6. The van der Waals surface area contributed by atoms with Gasteiger partial charge < -0.3 is 4.42 Å². The zero-order valence-corrected chi connectivity index (χ0v) is 16.4. The van der Waals surface area contributed by atoms with Gasteiger partial charge in [0.1, 0.15) is 11.8 Å². The fourth-order valence-corrected chi connectivity index (χ4v) is 4.50. The molecule has 0 aliphatic heterocycles. The summed E-state index contributed by atoms with van der Waals surface area (Å²) in [6.07, 6.45) is 1.42. The van der Waals surface area contributed by atoms with Gasteiger partial charge in [0.05, 0.1) is 11.2 Å². The van der Waals surface area contributed by atoms with Crippen LogP contribution in [-0.4, -0.2) is 8.42 Å². The van der Waals surface area contributed by atoms with Gasteiger partial charge in [0.2, 0.25) is 10.0 Å². The quantitative estimate of drug-likeness (QED) is 0.541. The Kier molecular flexibility index (Phi) is 5.65. The average molecular weight is 431 g/mol. The molecule has 0 spiro atoms. The molecule has 136 valence electrons. The summed E-state index contributed by atoms with van der Waals surface area (Å²) in [6.45, 7) is 0. The van der Waals surface area contributed by atoms with Gasteiger partial charge >= 0.3 is 0 Å². The van der Waals surface area contributed by atoms with E-state index in [0.717, 1.165) is 0 Å². The Hall–Kier alpha value is -1.50. The van der Waals surface area contributed by atoms with E-state index in [-0.39, 0.29) is 10.7 Å². The molecule has 1 aromatic heterocycles. The molecule has 0 aliphatic rings. The average Bonchev–Trinajstić information content (AvgIpc) is 3.15. The Morgan fingerprint density at radius 1 is 0.923 bits per heavy atom. The second-order valence-electron chi connectivity index (χ2n) is 5.51. The van der Waals surface area contributed by atoms with Crippen molar-refractivity contribution in [3.63, 3.8) is 0 Å². The van der Waals surface area contributed by atoms with E-state index in [1.165, 1.54) is 30.5 Å². The van der Waals surface area contributed by atoms with Crippen molar-refractivity contribution in [3.8, 4) is 0 Å². The van der Waals surface area contributed by atoms with Crippen LogP contribution in [-0.2, 0) is 14.4 Å². The molecule has 26 heavy (non-hydrogen) atoms. The Labute approximate surface area is 166 Å². The maximum atomic E-state index is 12.8. The van der Waals surface area contributed by atoms with Crippen LogP contribution in [0.25, 0.3) is 0 Å². The highest BCUT2D eigenvalue weighted by molar-refractivity contribution is 7.89. The van der Waals surface area contributed by atoms with Crippen LogP contribution < -0.4 is 4.72 Å². The molecule has 0 fully saturated rings. The van der Waals surface area contributed by atoms with Crippen LogP contribution in [0.15, 0.2) is 82.3 Å². The van der Waals surface area contributed by atoms with Gasteiger partial charge in [-0.1, -0.05) is 65.1 Å². The molecule has 0 aliphatic carbocycles. The standard InChI is InChI=1S/C18H14Cl3NO3S/c19-14-8-10-15(11-9-14)26(23,24)22-17(16-7-4-12-25-16)18(20,21)13-5-2-1-3-6-13/h1-12,17,22H. The molecule has 0 saturated carbocycles. The predicted molar refractivity (Wildman–Crippen MR) is 103 cm³/mol. The van der Waals surface area contributed by atoms with Gasteiger partial charge in [-0.3, -0.25) is 0 Å². The second kappa shape index (κ2) is 7.62. The number of hydrogen-bond acceptors (Lipinski definition) is 3. The van der Waals surface area contributed by atoms with Gasteiger partial charge in [-0.05, 0) is 42.0 Å². The third-order valence-corrected chi connectivity index (χ3v) is 6.31. The molecule has 1 N–H and O–H groups in total. The molecule has 1 heterocycles. The summed E-state index contributed by atoms with van der Waals surface area (Å²) in [4.78, 5) is 0.0376. The Balaban J connectivity index is 2.02. The predicted octanol–water partition coefficient (Wildman–Crippen LogP) is 5.28. The largest absolute Gasteiger partial charge is 0.468 e. The van der Waals surface area contributed by atoms with Crippen LogP contribution in [0.1, 0.15) is 17.4 Å². The van der Waals surface area contributed by atoms with Crippen molar-refractivity contribution in [2.24, 2.45) is 0 Å². The summed E-state index contributed by atoms with van der Waals surface area (Å²) in [5.74, 6) is 0.288. The van der Waals surface area contributed by atoms with Gasteiger partial charge in [0, 0.05) is 5.02 Å². The summed E-state index contributed by atoms with van der Waals surface area (Å²) >= 11 is 19.0. The summed E-state index contributed by atoms with van der Waals surface area (Å²) in [5.41, 5.74) is 0.531. The number of nitrogens with one attached hydrogen (secondary N) is 1. The lowest BCUT2D eigenvalue weighted by Gasteiger charge is -2.29. The van der Waals surface area contributed by atoms with Gasteiger partial charge in [0.15, 0.2) is 4.33 Å². The van der Waals surface area contributed by atoms with E-state index < -0.39 is 20.4 Å². The Morgan fingerprint density at radius 2 is 1.58 bits per heavy atom. The van der Waals surface area contributed by atoms with Crippen molar-refractivity contribution < 1.29 is 12.8 Å². The van der Waals surface area contributed by atoms with Crippen molar-refractivity contribution in [2.75, 3.05) is 0 Å². The molecule has 2 aromatic carbocycles. The van der Waals surface area contributed by atoms with E-state index in [1.807, 2.05) is 6.07 Å². The number of benzene rings is 2. The lowest BCUT2D eigenvalue weighted by Crippen LogP contribution is -2.37. The van der Waals surface area contributed by atoms with E-state index in [0.29, 0.717) is 10.6 Å². The normalized spacial score (nSPS) is 13.5. The highest BCUT2D eigenvalue weighted by atomic mass is 35.5. The van der Waals surface area contributed by atoms with E-state index in [9.17, 15) is 8.42 Å². The van der Waals surface area contributed by atoms with Crippen LogP contribution in [0.5, 0.6) is 0 Å². The maximum Gasteiger partial charge on any atom is 0.241 e. The van der Waals surface area contributed by atoms with E-state index in [1.54, 1.807) is 36.4 Å². The third kappa shape index (κ3) is 4.08. The fraction of sp³-hybridized carbons (Fsp3) is 0.111. The van der Waals surface area contributed by atoms with Crippen LogP contribution in [0.3, 0.4) is 0 Å². The highest BCUT2D eigenvalue weighted by Gasteiger charge is 2.42. The fourth-order valence-electron chi connectivity index (χ4n) is 2.43. The van der Waals surface area contributed by atoms with Crippen molar-refractivity contribution in [1.82, 2.24) is 4.72 Å². The van der Waals surface area contributed by atoms with Crippen LogP contribution in [0.2, 0.25) is 5.02 Å². The van der Waals surface area contributed by atoms with E-state index >= 15 is 0 Å². The molecule has 3 rings (SSSR count). The van der Waals surface area contributed by atoms with Crippen molar-refractivity contribution in [1.29, 1.82) is 0 Å². The molecule has 0 bridgehead atoms. The van der Waals surface area contributed by atoms with Gasteiger partial charge in [-0.15, -0.1) is 0 Å². The first-order valence-corrected chi connectivity index (χ1v) is 10.2. The van der Waals surface area contributed by atoms with Crippen molar-refractivity contribution >= 4 is 44.8 Å². The first-order valence-electron chi connectivity index (χ1n) is 7.55. The minimum Gasteiger partial charge on any atom is -0.468 e. The number of halogens is 3. The van der Waals surface area contributed by atoms with Crippen molar-refractivity contribution in [3.05, 3.63) is 89.3 Å². The molecular weight excluding hydrogens is 417 g/mol. The third-order valence-electron chi connectivity index (χ3n) is 3.75. The summed E-state index contributed by atoms with van der Waals surface area (Å²) in [5, 5.41) is 0.430.